The van der Waals surface area contributed by atoms with Gasteiger partial charge in [-0.05, 0) is 79.8 Å². The van der Waals surface area contributed by atoms with Crippen molar-refractivity contribution in [1.29, 1.82) is 0 Å². The molecule has 0 unspecified atom stereocenters. The Morgan fingerprint density at radius 3 is 2.24 bits per heavy atom. The molecular weight excluding hydrogens is 426 g/mol. The largest absolute Gasteiger partial charge is 0.378 e. The first-order chi connectivity index (χ1) is 16.0. The van der Waals surface area contributed by atoms with Crippen LogP contribution in [0, 0.1) is 6.92 Å². The minimum atomic E-state index is -0.0796. The summed E-state index contributed by atoms with van der Waals surface area (Å²) in [6.07, 6.45) is 1.84. The molecule has 0 saturated carbocycles. The van der Waals surface area contributed by atoms with Gasteiger partial charge < -0.3 is 19.7 Å². The first kappa shape index (κ1) is 21.2. The lowest BCUT2D eigenvalue weighted by molar-refractivity contribution is 0.548. The summed E-state index contributed by atoms with van der Waals surface area (Å²) in [4.78, 5) is 9.01. The zero-order chi connectivity index (χ0) is 22.9. The van der Waals surface area contributed by atoms with Gasteiger partial charge in [-0.3, -0.25) is 4.98 Å². The molecule has 0 radical (unpaired) electrons. The van der Waals surface area contributed by atoms with E-state index in [1.807, 2.05) is 38.5 Å². The summed E-state index contributed by atoms with van der Waals surface area (Å²) in [5.74, 6) is 0. The van der Waals surface area contributed by atoms with Crippen molar-refractivity contribution in [2.45, 2.75) is 19.0 Å². The Morgan fingerprint density at radius 2 is 1.58 bits per heavy atom. The molecular formula is C27H27N5S. The Morgan fingerprint density at radius 1 is 0.848 bits per heavy atom. The highest BCUT2D eigenvalue weighted by atomic mass is 32.1. The fourth-order valence-electron chi connectivity index (χ4n) is 4.56. The van der Waals surface area contributed by atoms with Gasteiger partial charge in [0.05, 0.1) is 11.7 Å². The van der Waals surface area contributed by atoms with Crippen molar-refractivity contribution in [2.24, 2.45) is 0 Å². The van der Waals surface area contributed by atoms with E-state index in [0.29, 0.717) is 5.11 Å². The lowest BCUT2D eigenvalue weighted by Gasteiger charge is -2.29. The van der Waals surface area contributed by atoms with Crippen molar-refractivity contribution in [3.63, 3.8) is 0 Å². The van der Waals surface area contributed by atoms with Crippen LogP contribution < -0.4 is 15.1 Å². The average molecular weight is 454 g/mol. The molecule has 0 amide bonds. The molecule has 5 nitrogen and oxygen atoms in total. The van der Waals surface area contributed by atoms with E-state index in [9.17, 15) is 0 Å². The summed E-state index contributed by atoms with van der Waals surface area (Å²) in [7, 11) is 4.10. The van der Waals surface area contributed by atoms with Gasteiger partial charge in [-0.2, -0.15) is 0 Å². The molecule has 1 saturated heterocycles. The smallest absolute Gasteiger partial charge is 0.174 e. The van der Waals surface area contributed by atoms with Gasteiger partial charge in [0.25, 0.3) is 0 Å². The highest BCUT2D eigenvalue weighted by Crippen LogP contribution is 2.43. The number of hydrogen-bond donors (Lipinski definition) is 1. The molecule has 33 heavy (non-hydrogen) atoms. The fraction of sp³-hybridized carbons (Fsp3) is 0.185. The van der Waals surface area contributed by atoms with E-state index in [2.05, 4.69) is 98.3 Å². The second-order valence-corrected chi connectivity index (χ2v) is 8.86. The minimum Gasteiger partial charge on any atom is -0.378 e. The molecule has 0 spiro atoms. The fourth-order valence-corrected chi connectivity index (χ4v) is 4.91. The SMILES string of the molecule is Cc1ccc([C@H]2[C@@H](c3ccccn3)NC(=S)N2c2ccc(N(C)C)cc2)n1-c1ccccc1. The van der Waals surface area contributed by atoms with Crippen LogP contribution in [0.4, 0.5) is 11.4 Å². The van der Waals surface area contributed by atoms with Crippen molar-refractivity contribution >= 4 is 28.7 Å². The third kappa shape index (κ3) is 3.87. The van der Waals surface area contributed by atoms with Crippen LogP contribution in [-0.2, 0) is 0 Å². The zero-order valence-electron chi connectivity index (χ0n) is 19.0. The van der Waals surface area contributed by atoms with E-state index >= 15 is 0 Å². The molecule has 1 aliphatic heterocycles. The Labute approximate surface area is 200 Å². The summed E-state index contributed by atoms with van der Waals surface area (Å²) in [5, 5.41) is 4.26. The highest BCUT2D eigenvalue weighted by molar-refractivity contribution is 7.80. The molecule has 4 aromatic rings. The van der Waals surface area contributed by atoms with Crippen molar-refractivity contribution in [1.82, 2.24) is 14.9 Å². The molecule has 6 heteroatoms. The molecule has 5 rings (SSSR count). The summed E-state index contributed by atoms with van der Waals surface area (Å²) in [6, 6.07) is 29.3. The second-order valence-electron chi connectivity index (χ2n) is 8.48. The van der Waals surface area contributed by atoms with Gasteiger partial charge in [0, 0.05) is 48.7 Å². The maximum absolute atomic E-state index is 5.90. The third-order valence-corrected chi connectivity index (χ3v) is 6.48. The van der Waals surface area contributed by atoms with Crippen molar-refractivity contribution < 1.29 is 0 Å². The van der Waals surface area contributed by atoms with E-state index in [1.165, 1.54) is 11.4 Å². The number of nitrogens with zero attached hydrogens (tertiary/aromatic N) is 4. The van der Waals surface area contributed by atoms with Crippen LogP contribution in [0.3, 0.4) is 0 Å². The van der Waals surface area contributed by atoms with Crippen LogP contribution in [-0.4, -0.2) is 28.8 Å². The molecule has 1 fully saturated rings. The van der Waals surface area contributed by atoms with E-state index < -0.39 is 0 Å². The van der Waals surface area contributed by atoms with Crippen LogP contribution in [0.25, 0.3) is 5.69 Å². The second kappa shape index (κ2) is 8.71. The topological polar surface area (TPSA) is 36.3 Å². The Bertz CT molecular complexity index is 1250. The number of aromatic nitrogens is 2. The number of aryl methyl sites for hydroxylation is 1. The first-order valence-corrected chi connectivity index (χ1v) is 11.5. The Kier molecular flexibility index (Phi) is 5.60. The van der Waals surface area contributed by atoms with Crippen LogP contribution in [0.2, 0.25) is 0 Å². The molecule has 2 aromatic carbocycles. The number of anilines is 2. The molecule has 1 N–H and O–H groups in total. The summed E-state index contributed by atoms with van der Waals surface area (Å²) < 4.78 is 2.32. The van der Waals surface area contributed by atoms with Crippen LogP contribution in [0.1, 0.15) is 29.2 Å². The average Bonchev–Trinajstić information content (AvgIpc) is 3.39. The van der Waals surface area contributed by atoms with Gasteiger partial charge in [0.1, 0.15) is 6.04 Å². The molecule has 2 aromatic heterocycles. The van der Waals surface area contributed by atoms with Gasteiger partial charge in [-0.15, -0.1) is 0 Å². The summed E-state index contributed by atoms with van der Waals surface area (Å²) in [6.45, 7) is 2.14. The lowest BCUT2D eigenvalue weighted by atomic mass is 10.0. The number of hydrogen-bond acceptors (Lipinski definition) is 3. The molecule has 0 bridgehead atoms. The number of para-hydroxylation sites is 1. The predicted octanol–water partition coefficient (Wildman–Crippen LogP) is 5.42. The van der Waals surface area contributed by atoms with Crippen LogP contribution in [0.5, 0.6) is 0 Å². The number of benzene rings is 2. The van der Waals surface area contributed by atoms with Crippen molar-refractivity contribution in [3.05, 3.63) is 108 Å². The third-order valence-electron chi connectivity index (χ3n) is 6.17. The maximum Gasteiger partial charge on any atom is 0.174 e. The van der Waals surface area contributed by atoms with E-state index in [0.717, 1.165) is 22.8 Å². The number of thiocarbonyl (C=S) groups is 1. The minimum absolute atomic E-state index is 0.0634. The van der Waals surface area contributed by atoms with Crippen LogP contribution in [0.15, 0.2) is 91.1 Å². The first-order valence-electron chi connectivity index (χ1n) is 11.1. The molecule has 0 aliphatic carbocycles. The van der Waals surface area contributed by atoms with Gasteiger partial charge in [-0.1, -0.05) is 24.3 Å². The number of nitrogens with one attached hydrogen (secondary N) is 1. The quantitative estimate of drug-likeness (QED) is 0.408. The molecule has 166 valence electrons. The molecule has 2 atom stereocenters. The number of pyridine rings is 1. The Hall–Kier alpha value is -3.64. The molecule has 3 heterocycles. The normalized spacial score (nSPS) is 17.8. The van der Waals surface area contributed by atoms with Gasteiger partial charge >= 0.3 is 0 Å². The van der Waals surface area contributed by atoms with Gasteiger partial charge in [0.2, 0.25) is 0 Å². The highest BCUT2D eigenvalue weighted by Gasteiger charge is 2.42. The number of rotatable bonds is 5. The van der Waals surface area contributed by atoms with E-state index in [-0.39, 0.29) is 12.1 Å². The predicted molar refractivity (Wildman–Crippen MR) is 139 cm³/mol. The van der Waals surface area contributed by atoms with E-state index in [1.54, 1.807) is 0 Å². The Balaban J connectivity index is 1.67. The van der Waals surface area contributed by atoms with Gasteiger partial charge in [-0.25, -0.2) is 0 Å². The monoisotopic (exact) mass is 453 g/mol. The summed E-state index contributed by atoms with van der Waals surface area (Å²) >= 11 is 5.90. The maximum atomic E-state index is 5.90. The summed E-state index contributed by atoms with van der Waals surface area (Å²) in [5.41, 5.74) is 6.65. The van der Waals surface area contributed by atoms with E-state index in [4.69, 9.17) is 12.2 Å². The standard InChI is InChI=1S/C27H27N5S/c1-19-12-17-24(31(19)21-9-5-4-6-10-21)26-25(23-11-7-8-18-28-23)29-27(33)32(26)22-15-13-20(14-16-22)30(2)3/h4-18,25-26H,1-3H3,(H,29,33)/t25-,26+/m1/s1. The van der Waals surface area contributed by atoms with Crippen molar-refractivity contribution in [2.75, 3.05) is 23.9 Å². The van der Waals surface area contributed by atoms with Crippen LogP contribution >= 0.6 is 12.2 Å². The zero-order valence-corrected chi connectivity index (χ0v) is 19.8. The lowest BCUT2D eigenvalue weighted by Crippen LogP contribution is -2.30. The van der Waals surface area contributed by atoms with Gasteiger partial charge in [0.15, 0.2) is 5.11 Å². The van der Waals surface area contributed by atoms with Crippen molar-refractivity contribution in [3.8, 4) is 5.69 Å². The molecule has 1 aliphatic rings.